The van der Waals surface area contributed by atoms with Crippen LogP contribution in [-0.4, -0.2) is 20.3 Å². The first-order valence-electron chi connectivity index (χ1n) is 4.59. The van der Waals surface area contributed by atoms with E-state index in [9.17, 15) is 4.79 Å². The van der Waals surface area contributed by atoms with Crippen molar-refractivity contribution in [3.8, 4) is 11.5 Å². The number of rotatable bonds is 4. The van der Waals surface area contributed by atoms with Crippen LogP contribution in [0.5, 0.6) is 11.5 Å². The summed E-state index contributed by atoms with van der Waals surface area (Å²) in [6.45, 7) is 2.15. The molecule has 0 atom stereocenters. The van der Waals surface area contributed by atoms with Gasteiger partial charge in [-0.3, -0.25) is 0 Å². The van der Waals surface area contributed by atoms with Gasteiger partial charge in [-0.1, -0.05) is 15.9 Å². The molecule has 0 radical (unpaired) electrons. The summed E-state index contributed by atoms with van der Waals surface area (Å²) >= 11 is 3.42. The van der Waals surface area contributed by atoms with Crippen LogP contribution < -0.4 is 9.47 Å². The van der Waals surface area contributed by atoms with Crippen molar-refractivity contribution >= 4 is 22.0 Å². The summed E-state index contributed by atoms with van der Waals surface area (Å²) in [6, 6.07) is 1.82. The summed E-state index contributed by atoms with van der Waals surface area (Å²) < 4.78 is 11.4. The lowest BCUT2D eigenvalue weighted by Crippen LogP contribution is -1.99. The van der Waals surface area contributed by atoms with Crippen LogP contribution in [0.25, 0.3) is 0 Å². The van der Waals surface area contributed by atoms with Gasteiger partial charge >= 0.3 is 0 Å². The van der Waals surface area contributed by atoms with Gasteiger partial charge in [-0.15, -0.1) is 0 Å². The first-order valence-corrected chi connectivity index (χ1v) is 5.38. The van der Waals surface area contributed by atoms with Crippen molar-refractivity contribution in [2.75, 3.05) is 14.2 Å². The lowest BCUT2D eigenvalue weighted by atomic mass is 10.1. The van der Waals surface area contributed by atoms with Crippen LogP contribution >= 0.6 is 15.9 Å². The van der Waals surface area contributed by atoms with Crippen LogP contribution in [-0.2, 0) is 11.3 Å². The molecule has 1 aromatic carbocycles. The molecule has 5 heteroatoms. The number of methoxy groups -OCH3 is 2. The lowest BCUT2D eigenvalue weighted by Gasteiger charge is -2.15. The highest BCUT2D eigenvalue weighted by Crippen LogP contribution is 2.38. The predicted molar refractivity (Wildman–Crippen MR) is 63.8 cm³/mol. The molecule has 0 saturated heterocycles. The van der Waals surface area contributed by atoms with Gasteiger partial charge in [0.05, 0.1) is 20.8 Å². The highest BCUT2D eigenvalue weighted by atomic mass is 79.9. The molecule has 0 aliphatic carbocycles. The summed E-state index contributed by atoms with van der Waals surface area (Å²) in [4.78, 5) is 13.7. The zero-order chi connectivity index (χ0) is 12.1. The molecule has 0 bridgehead atoms. The lowest BCUT2D eigenvalue weighted by molar-refractivity contribution is 0.351. The summed E-state index contributed by atoms with van der Waals surface area (Å²) in [5.74, 6) is 1.21. The van der Waals surface area contributed by atoms with Gasteiger partial charge in [0, 0.05) is 10.0 Å². The van der Waals surface area contributed by atoms with E-state index in [2.05, 4.69) is 20.9 Å². The molecule has 1 rings (SSSR count). The maximum absolute atomic E-state index is 10.2. The molecular weight excluding hydrogens is 274 g/mol. The summed E-state index contributed by atoms with van der Waals surface area (Å²) in [5, 5.41) is 0. The fourth-order valence-corrected chi connectivity index (χ4v) is 1.88. The Kier molecular flexibility index (Phi) is 4.52. The van der Waals surface area contributed by atoms with Gasteiger partial charge in [0.1, 0.15) is 0 Å². The average Bonchev–Trinajstić information content (AvgIpc) is 2.30. The van der Waals surface area contributed by atoms with Crippen molar-refractivity contribution in [3.63, 3.8) is 0 Å². The van der Waals surface area contributed by atoms with Crippen molar-refractivity contribution in [2.45, 2.75) is 13.5 Å². The molecule has 0 spiro atoms. The van der Waals surface area contributed by atoms with Crippen molar-refractivity contribution < 1.29 is 14.3 Å². The van der Waals surface area contributed by atoms with E-state index < -0.39 is 0 Å². The Labute approximate surface area is 102 Å². The van der Waals surface area contributed by atoms with E-state index in [1.165, 1.54) is 6.08 Å². The molecule has 0 heterocycles. The van der Waals surface area contributed by atoms with Gasteiger partial charge in [-0.05, 0) is 18.6 Å². The average molecular weight is 286 g/mol. The van der Waals surface area contributed by atoms with Crippen LogP contribution in [0.1, 0.15) is 11.1 Å². The molecule has 0 fully saturated rings. The number of aliphatic imine (C=N–C) groups is 1. The summed E-state index contributed by atoms with van der Waals surface area (Å²) in [5.41, 5.74) is 1.79. The standard InChI is InChI=1S/C11H12BrNO3/c1-7-8(5-13-6-14)11(16-3)10(15-2)4-9(7)12/h4H,5H2,1-3H3. The molecule has 0 aromatic heterocycles. The third kappa shape index (κ3) is 2.43. The predicted octanol–water partition coefficient (Wildman–Crippen LogP) is 2.61. The molecule has 0 aliphatic heterocycles. The van der Waals surface area contributed by atoms with E-state index in [1.807, 2.05) is 13.0 Å². The molecule has 0 N–H and O–H groups in total. The van der Waals surface area contributed by atoms with Crippen molar-refractivity contribution in [1.82, 2.24) is 0 Å². The summed E-state index contributed by atoms with van der Waals surface area (Å²) in [7, 11) is 3.12. The highest BCUT2D eigenvalue weighted by molar-refractivity contribution is 9.10. The first kappa shape index (κ1) is 12.7. The monoisotopic (exact) mass is 285 g/mol. The maximum Gasteiger partial charge on any atom is 0.235 e. The van der Waals surface area contributed by atoms with Crippen molar-refractivity contribution in [2.24, 2.45) is 4.99 Å². The van der Waals surface area contributed by atoms with Crippen LogP contribution in [0.3, 0.4) is 0 Å². The van der Waals surface area contributed by atoms with Gasteiger partial charge in [0.25, 0.3) is 0 Å². The second-order valence-electron chi connectivity index (χ2n) is 3.10. The Hall–Kier alpha value is -1.32. The van der Waals surface area contributed by atoms with Gasteiger partial charge < -0.3 is 9.47 Å². The molecule has 1 aromatic rings. The Balaban J connectivity index is 3.39. The molecule has 86 valence electrons. The summed E-state index contributed by atoms with van der Waals surface area (Å²) in [6.07, 6.45) is 1.51. The van der Waals surface area contributed by atoms with E-state index in [-0.39, 0.29) is 6.54 Å². The normalized spacial score (nSPS) is 9.50. The quantitative estimate of drug-likeness (QED) is 0.631. The number of benzene rings is 1. The Morgan fingerprint density at radius 3 is 2.62 bits per heavy atom. The fourth-order valence-electron chi connectivity index (χ4n) is 1.43. The number of isocyanates is 1. The number of hydrogen-bond acceptors (Lipinski definition) is 4. The SMILES string of the molecule is COc1cc(Br)c(C)c(CN=C=O)c1OC. The zero-order valence-electron chi connectivity index (χ0n) is 9.33. The maximum atomic E-state index is 10.2. The number of ether oxygens (including phenoxy) is 2. The number of carbonyl (C=O) groups excluding carboxylic acids is 1. The van der Waals surface area contributed by atoms with Crippen molar-refractivity contribution in [3.05, 3.63) is 21.7 Å². The minimum atomic E-state index is 0.230. The molecule has 0 saturated carbocycles. The number of halogens is 1. The topological polar surface area (TPSA) is 47.9 Å². The molecule has 0 unspecified atom stereocenters. The third-order valence-corrected chi connectivity index (χ3v) is 3.12. The largest absolute Gasteiger partial charge is 0.493 e. The molecule has 16 heavy (non-hydrogen) atoms. The number of hydrogen-bond donors (Lipinski definition) is 0. The van der Waals surface area contributed by atoms with Gasteiger partial charge in [0.15, 0.2) is 11.5 Å². The first-order chi connectivity index (χ1) is 7.65. The minimum Gasteiger partial charge on any atom is -0.493 e. The van der Waals surface area contributed by atoms with Gasteiger partial charge in [0.2, 0.25) is 6.08 Å². The molecule has 0 amide bonds. The highest BCUT2D eigenvalue weighted by Gasteiger charge is 2.15. The molecule has 0 aliphatic rings. The van der Waals surface area contributed by atoms with E-state index in [1.54, 1.807) is 14.2 Å². The second kappa shape index (κ2) is 5.68. The van der Waals surface area contributed by atoms with E-state index >= 15 is 0 Å². The Morgan fingerprint density at radius 2 is 2.12 bits per heavy atom. The third-order valence-electron chi connectivity index (χ3n) is 2.29. The van der Waals surface area contributed by atoms with Crippen LogP contribution in [0, 0.1) is 6.92 Å². The van der Waals surface area contributed by atoms with Crippen molar-refractivity contribution in [1.29, 1.82) is 0 Å². The second-order valence-corrected chi connectivity index (χ2v) is 3.96. The van der Waals surface area contributed by atoms with Crippen LogP contribution in [0.4, 0.5) is 0 Å². The molecule has 4 nitrogen and oxygen atoms in total. The van der Waals surface area contributed by atoms with Crippen LogP contribution in [0.2, 0.25) is 0 Å². The van der Waals surface area contributed by atoms with Gasteiger partial charge in [-0.2, -0.15) is 0 Å². The van der Waals surface area contributed by atoms with Crippen LogP contribution in [0.15, 0.2) is 15.5 Å². The van der Waals surface area contributed by atoms with E-state index in [4.69, 9.17) is 9.47 Å². The Morgan fingerprint density at radius 1 is 1.44 bits per heavy atom. The fraction of sp³-hybridized carbons (Fsp3) is 0.364. The minimum absolute atomic E-state index is 0.230. The zero-order valence-corrected chi connectivity index (χ0v) is 10.9. The number of nitrogens with zero attached hydrogens (tertiary/aromatic N) is 1. The van der Waals surface area contributed by atoms with E-state index in [0.29, 0.717) is 11.5 Å². The molecular formula is C11H12BrNO3. The van der Waals surface area contributed by atoms with Gasteiger partial charge in [-0.25, -0.2) is 9.79 Å². The van der Waals surface area contributed by atoms with E-state index in [0.717, 1.165) is 15.6 Å². The smallest absolute Gasteiger partial charge is 0.235 e. The Bertz CT molecular complexity index is 439.